The predicted molar refractivity (Wildman–Crippen MR) is 131 cm³/mol. The van der Waals surface area contributed by atoms with Crippen molar-refractivity contribution >= 4 is 45.0 Å². The lowest BCUT2D eigenvalue weighted by Gasteiger charge is -2.40. The zero-order chi connectivity index (χ0) is 22.9. The Hall–Kier alpha value is -3.29. The zero-order valence-corrected chi connectivity index (χ0v) is 19.2. The number of fused-ring (bicyclic) bond motifs is 2. The van der Waals surface area contributed by atoms with Crippen LogP contribution in [0.25, 0.3) is 21.7 Å². The lowest BCUT2D eigenvalue weighted by Crippen LogP contribution is -2.56. The van der Waals surface area contributed by atoms with E-state index in [-0.39, 0.29) is 11.9 Å². The Balaban J connectivity index is 1.31. The van der Waals surface area contributed by atoms with E-state index in [0.29, 0.717) is 30.5 Å². The van der Waals surface area contributed by atoms with Crippen molar-refractivity contribution in [3.05, 3.63) is 71.3 Å². The number of hydrogen-bond acceptors (Lipinski definition) is 6. The van der Waals surface area contributed by atoms with Crippen LogP contribution in [0.1, 0.15) is 24.6 Å². The second-order valence-electron chi connectivity index (χ2n) is 8.43. The lowest BCUT2D eigenvalue weighted by atomic mass is 10.1. The first kappa shape index (κ1) is 21.6. The Kier molecular flexibility index (Phi) is 5.83. The van der Waals surface area contributed by atoms with E-state index in [1.165, 1.54) is 6.33 Å². The van der Waals surface area contributed by atoms with Crippen LogP contribution in [0.3, 0.4) is 0 Å². The van der Waals surface area contributed by atoms with E-state index >= 15 is 0 Å². The molecule has 7 nitrogen and oxygen atoms in total. The molecule has 1 aliphatic heterocycles. The van der Waals surface area contributed by atoms with Gasteiger partial charge in [0.25, 0.3) is 0 Å². The maximum Gasteiger partial charge on any atom is 0.240 e. The Morgan fingerprint density at radius 3 is 2.76 bits per heavy atom. The summed E-state index contributed by atoms with van der Waals surface area (Å²) in [7, 11) is 0. The van der Waals surface area contributed by atoms with Gasteiger partial charge in [-0.15, -0.1) is 0 Å². The minimum atomic E-state index is -0.167. The molecule has 8 heteroatoms. The van der Waals surface area contributed by atoms with E-state index in [4.69, 9.17) is 17.3 Å². The van der Waals surface area contributed by atoms with Crippen molar-refractivity contribution in [2.75, 3.05) is 18.8 Å². The number of carbonyl (C=O) groups is 1. The fourth-order valence-electron chi connectivity index (χ4n) is 4.56. The molecule has 0 spiro atoms. The molecule has 2 aromatic carbocycles. The molecule has 33 heavy (non-hydrogen) atoms. The van der Waals surface area contributed by atoms with Crippen LogP contribution in [-0.4, -0.2) is 49.8 Å². The highest BCUT2D eigenvalue weighted by molar-refractivity contribution is 6.31. The van der Waals surface area contributed by atoms with Gasteiger partial charge in [-0.05, 0) is 47.7 Å². The molecule has 1 atom stereocenters. The van der Waals surface area contributed by atoms with Crippen molar-refractivity contribution in [2.45, 2.75) is 32.5 Å². The molecule has 1 fully saturated rings. The third-order valence-electron chi connectivity index (χ3n) is 6.29. The normalized spacial score (nSPS) is 17.2. The minimum absolute atomic E-state index is 0.151. The molecule has 5 rings (SSSR count). The third kappa shape index (κ3) is 4.34. The van der Waals surface area contributed by atoms with E-state index in [1.54, 1.807) is 0 Å². The molecule has 2 aromatic heterocycles. The van der Waals surface area contributed by atoms with Gasteiger partial charge in [0.1, 0.15) is 12.1 Å². The number of nitrogens with zero attached hydrogens (tertiary/aromatic N) is 5. The maximum absolute atomic E-state index is 13.3. The summed E-state index contributed by atoms with van der Waals surface area (Å²) in [5.41, 5.74) is 8.72. The number of amides is 1. The van der Waals surface area contributed by atoms with Crippen LogP contribution < -0.4 is 5.73 Å². The molecule has 2 N–H and O–H groups in total. The van der Waals surface area contributed by atoms with Crippen molar-refractivity contribution in [3.8, 4) is 0 Å². The molecule has 0 radical (unpaired) electrons. The van der Waals surface area contributed by atoms with Gasteiger partial charge >= 0.3 is 0 Å². The SMILES string of the molecule is CC[C@H]1C(=O)N(Cc2ccc3c(N)ncnc3c2)CCN1Cc1cc2ccc(Cl)cc2cn1. The molecular formula is C25H25ClN6O. The van der Waals surface area contributed by atoms with E-state index in [1.807, 2.05) is 47.5 Å². The number of aromatic nitrogens is 3. The van der Waals surface area contributed by atoms with Crippen LogP contribution in [0.2, 0.25) is 5.02 Å². The Morgan fingerprint density at radius 1 is 1.03 bits per heavy atom. The molecule has 0 saturated carbocycles. The number of benzene rings is 2. The highest BCUT2D eigenvalue weighted by Crippen LogP contribution is 2.24. The van der Waals surface area contributed by atoms with Gasteiger partial charge in [0.05, 0.1) is 17.3 Å². The van der Waals surface area contributed by atoms with E-state index < -0.39 is 0 Å². The van der Waals surface area contributed by atoms with Crippen molar-refractivity contribution < 1.29 is 4.79 Å². The van der Waals surface area contributed by atoms with Gasteiger partial charge in [0.2, 0.25) is 5.91 Å². The van der Waals surface area contributed by atoms with Gasteiger partial charge in [0, 0.05) is 48.2 Å². The number of nitrogen functional groups attached to an aromatic ring is 1. The summed E-state index contributed by atoms with van der Waals surface area (Å²) >= 11 is 6.09. The van der Waals surface area contributed by atoms with Crippen LogP contribution in [0.5, 0.6) is 0 Å². The van der Waals surface area contributed by atoms with Crippen LogP contribution in [0.15, 0.2) is 55.0 Å². The molecule has 1 amide bonds. The largest absolute Gasteiger partial charge is 0.383 e. The summed E-state index contributed by atoms with van der Waals surface area (Å²) in [6, 6.07) is 13.6. The average Bonchev–Trinajstić information content (AvgIpc) is 2.81. The number of carbonyl (C=O) groups excluding carboxylic acids is 1. The maximum atomic E-state index is 13.3. The first-order valence-electron chi connectivity index (χ1n) is 11.1. The van der Waals surface area contributed by atoms with Crippen molar-refractivity contribution in [2.24, 2.45) is 0 Å². The van der Waals surface area contributed by atoms with Gasteiger partial charge in [-0.25, -0.2) is 9.97 Å². The summed E-state index contributed by atoms with van der Waals surface area (Å²) in [4.78, 5) is 30.5. The first-order valence-corrected chi connectivity index (χ1v) is 11.5. The number of halogens is 1. The van der Waals surface area contributed by atoms with Gasteiger partial charge in [-0.3, -0.25) is 14.7 Å². The van der Waals surface area contributed by atoms with Crippen LogP contribution in [0.4, 0.5) is 5.82 Å². The number of hydrogen-bond donors (Lipinski definition) is 1. The Bertz CT molecular complexity index is 1340. The standard InChI is InChI=1S/C25H25ClN6O/c1-2-23-25(33)32(13-16-3-6-21-22(9-16)29-15-30-24(21)27)8-7-31(23)14-20-11-17-4-5-19(26)10-18(17)12-28-20/h3-6,9-12,15,23H,2,7-8,13-14H2,1H3,(H2,27,29,30)/t23-/m0/s1. The van der Waals surface area contributed by atoms with Crippen LogP contribution in [0, 0.1) is 0 Å². The smallest absolute Gasteiger partial charge is 0.240 e. The zero-order valence-electron chi connectivity index (χ0n) is 18.4. The number of piperazine rings is 1. The summed E-state index contributed by atoms with van der Waals surface area (Å²) in [5, 5.41) is 3.64. The molecule has 1 saturated heterocycles. The molecule has 0 unspecified atom stereocenters. The predicted octanol–water partition coefficient (Wildman–Crippen LogP) is 4.04. The van der Waals surface area contributed by atoms with Crippen molar-refractivity contribution in [3.63, 3.8) is 0 Å². The monoisotopic (exact) mass is 460 g/mol. The van der Waals surface area contributed by atoms with E-state index in [9.17, 15) is 4.79 Å². The van der Waals surface area contributed by atoms with Crippen LogP contribution >= 0.6 is 11.6 Å². The first-order chi connectivity index (χ1) is 16.0. The lowest BCUT2D eigenvalue weighted by molar-refractivity contribution is -0.143. The Morgan fingerprint density at radius 2 is 1.91 bits per heavy atom. The number of pyridine rings is 1. The fraction of sp³-hybridized carbons (Fsp3) is 0.280. The highest BCUT2D eigenvalue weighted by atomic mass is 35.5. The third-order valence-corrected chi connectivity index (χ3v) is 6.53. The van der Waals surface area contributed by atoms with Crippen molar-refractivity contribution in [1.29, 1.82) is 0 Å². The topological polar surface area (TPSA) is 88.2 Å². The average molecular weight is 461 g/mol. The van der Waals surface area contributed by atoms with E-state index in [0.717, 1.165) is 45.9 Å². The molecule has 0 bridgehead atoms. The molecule has 3 heterocycles. The second kappa shape index (κ2) is 8.92. The number of nitrogens with two attached hydrogens (primary N) is 1. The van der Waals surface area contributed by atoms with Crippen LogP contribution in [-0.2, 0) is 17.9 Å². The summed E-state index contributed by atoms with van der Waals surface area (Å²) in [5.74, 6) is 0.617. The van der Waals surface area contributed by atoms with E-state index in [2.05, 4.69) is 32.8 Å². The number of anilines is 1. The number of rotatable bonds is 5. The Labute approximate surface area is 197 Å². The molecule has 0 aliphatic carbocycles. The fourth-order valence-corrected chi connectivity index (χ4v) is 4.74. The minimum Gasteiger partial charge on any atom is -0.383 e. The quantitative estimate of drug-likeness (QED) is 0.483. The van der Waals surface area contributed by atoms with Crippen molar-refractivity contribution in [1.82, 2.24) is 24.8 Å². The van der Waals surface area contributed by atoms with Gasteiger partial charge in [0.15, 0.2) is 0 Å². The van der Waals surface area contributed by atoms with Gasteiger partial charge in [-0.2, -0.15) is 0 Å². The summed E-state index contributed by atoms with van der Waals surface area (Å²) in [6.45, 7) is 4.72. The summed E-state index contributed by atoms with van der Waals surface area (Å²) in [6.07, 6.45) is 4.07. The molecule has 1 aliphatic rings. The summed E-state index contributed by atoms with van der Waals surface area (Å²) < 4.78 is 0. The molecule has 168 valence electrons. The molecular weight excluding hydrogens is 436 g/mol. The molecule has 4 aromatic rings. The van der Waals surface area contributed by atoms with Gasteiger partial charge in [-0.1, -0.05) is 30.7 Å². The second-order valence-corrected chi connectivity index (χ2v) is 8.87. The highest BCUT2D eigenvalue weighted by Gasteiger charge is 2.33. The van der Waals surface area contributed by atoms with Gasteiger partial charge < -0.3 is 10.6 Å².